The smallest absolute Gasteiger partial charge is 0.331 e. The van der Waals surface area contributed by atoms with Crippen LogP contribution in [0.15, 0.2) is 0 Å². The molecule has 0 aromatic heterocycles. The molecule has 1 atom stereocenters. The topological polar surface area (TPSA) is 18.5 Å². The van der Waals surface area contributed by atoms with Gasteiger partial charge < -0.3 is 8.85 Å². The fourth-order valence-corrected chi connectivity index (χ4v) is 3.58. The van der Waals surface area contributed by atoms with Crippen LogP contribution >= 0.6 is 0 Å². The summed E-state index contributed by atoms with van der Waals surface area (Å²) in [5, 5.41) is 0. The van der Waals surface area contributed by atoms with Crippen molar-refractivity contribution in [3.05, 3.63) is 0 Å². The molecule has 2 nitrogen and oxygen atoms in total. The van der Waals surface area contributed by atoms with Crippen LogP contribution in [0.3, 0.4) is 0 Å². The minimum absolute atomic E-state index is 0.344. The average molecular weight is 246 g/mol. The Balaban J connectivity index is 3.69. The fraction of sp³-hybridized carbons (Fsp3) is 1.00. The van der Waals surface area contributed by atoms with Gasteiger partial charge in [0.25, 0.3) is 0 Å². The third-order valence-corrected chi connectivity index (χ3v) is 4.42. The van der Waals surface area contributed by atoms with Gasteiger partial charge in [-0.05, 0) is 45.2 Å². The average Bonchev–Trinajstić information content (AvgIpc) is 2.11. The highest BCUT2D eigenvalue weighted by atomic mass is 28.4. The minimum Gasteiger partial charge on any atom is -0.395 e. The summed E-state index contributed by atoms with van der Waals surface area (Å²) in [4.78, 5) is 0. The number of hydrogen-bond donors (Lipinski definition) is 0. The Morgan fingerprint density at radius 3 is 2.19 bits per heavy atom. The summed E-state index contributed by atoms with van der Waals surface area (Å²) in [5.41, 5.74) is 0. The van der Waals surface area contributed by atoms with Crippen molar-refractivity contribution in [2.75, 3.05) is 6.61 Å². The highest BCUT2D eigenvalue weighted by Crippen LogP contribution is 2.14. The first kappa shape index (κ1) is 16.1. The van der Waals surface area contributed by atoms with E-state index in [1.165, 1.54) is 12.8 Å². The molecule has 0 radical (unpaired) electrons. The lowest BCUT2D eigenvalue weighted by Gasteiger charge is -2.27. The van der Waals surface area contributed by atoms with Crippen LogP contribution in [0, 0.1) is 5.92 Å². The van der Waals surface area contributed by atoms with Crippen molar-refractivity contribution in [3.8, 4) is 0 Å². The molecule has 0 aromatic carbocycles. The fourth-order valence-electron chi connectivity index (χ4n) is 1.79. The first-order chi connectivity index (χ1) is 7.37. The van der Waals surface area contributed by atoms with Crippen molar-refractivity contribution in [1.29, 1.82) is 0 Å². The zero-order chi connectivity index (χ0) is 12.6. The van der Waals surface area contributed by atoms with Crippen LogP contribution in [0.25, 0.3) is 0 Å². The summed E-state index contributed by atoms with van der Waals surface area (Å²) in [6.45, 7) is 14.0. The number of rotatable bonds is 9. The molecule has 98 valence electrons. The highest BCUT2D eigenvalue weighted by molar-refractivity contribution is 6.64. The Hall–Kier alpha value is 0.137. The van der Waals surface area contributed by atoms with Crippen molar-refractivity contribution in [2.24, 2.45) is 5.92 Å². The van der Waals surface area contributed by atoms with Gasteiger partial charge in [0.05, 0.1) is 0 Å². The molecule has 0 fully saturated rings. The van der Waals surface area contributed by atoms with Gasteiger partial charge in [-0.1, -0.05) is 27.2 Å². The zero-order valence-electron chi connectivity index (χ0n) is 12.0. The van der Waals surface area contributed by atoms with Crippen LogP contribution in [-0.4, -0.2) is 21.3 Å². The maximum atomic E-state index is 6.00. The minimum atomic E-state index is -1.88. The summed E-state index contributed by atoms with van der Waals surface area (Å²) in [7, 11) is -1.88. The second-order valence-electron chi connectivity index (χ2n) is 5.50. The van der Waals surface area contributed by atoms with Crippen LogP contribution < -0.4 is 0 Å². The van der Waals surface area contributed by atoms with Gasteiger partial charge in [0.2, 0.25) is 0 Å². The third-order valence-electron chi connectivity index (χ3n) is 2.56. The molecule has 0 saturated carbocycles. The standard InChI is InChI=1S/C13H30O2Si/c1-7-9-13(4)15-16(5,6)14-11-8-10-12(2)3/h12-13H,7-11H2,1-6H3. The molecule has 0 aromatic rings. The van der Waals surface area contributed by atoms with E-state index in [4.69, 9.17) is 8.85 Å². The van der Waals surface area contributed by atoms with E-state index in [2.05, 4.69) is 40.8 Å². The first-order valence-corrected chi connectivity index (χ1v) is 9.50. The molecular weight excluding hydrogens is 216 g/mol. The molecule has 0 rings (SSSR count). The Bertz CT molecular complexity index is 169. The van der Waals surface area contributed by atoms with E-state index in [9.17, 15) is 0 Å². The highest BCUT2D eigenvalue weighted by Gasteiger charge is 2.26. The van der Waals surface area contributed by atoms with E-state index in [0.717, 1.165) is 25.4 Å². The monoisotopic (exact) mass is 246 g/mol. The molecule has 0 bridgehead atoms. The Kier molecular flexibility index (Phi) is 8.33. The molecule has 0 saturated heterocycles. The lowest BCUT2D eigenvalue weighted by Crippen LogP contribution is -2.38. The molecule has 0 N–H and O–H groups in total. The van der Waals surface area contributed by atoms with E-state index in [0.29, 0.717) is 6.10 Å². The molecule has 16 heavy (non-hydrogen) atoms. The van der Waals surface area contributed by atoms with Crippen LogP contribution in [0.4, 0.5) is 0 Å². The maximum Gasteiger partial charge on any atom is 0.331 e. The zero-order valence-corrected chi connectivity index (χ0v) is 13.0. The molecule has 0 aliphatic heterocycles. The Labute approximate surface area is 103 Å². The van der Waals surface area contributed by atoms with Crippen molar-refractivity contribution in [1.82, 2.24) is 0 Å². The van der Waals surface area contributed by atoms with Gasteiger partial charge in [0, 0.05) is 12.7 Å². The molecule has 0 aliphatic carbocycles. The molecule has 0 spiro atoms. The molecule has 1 unspecified atom stereocenters. The lowest BCUT2D eigenvalue weighted by atomic mass is 10.1. The molecule has 0 heterocycles. The summed E-state index contributed by atoms with van der Waals surface area (Å²) >= 11 is 0. The Morgan fingerprint density at radius 2 is 1.69 bits per heavy atom. The predicted octanol–water partition coefficient (Wildman–Crippen LogP) is 4.35. The quantitative estimate of drug-likeness (QED) is 0.445. The van der Waals surface area contributed by atoms with Gasteiger partial charge in [0.1, 0.15) is 0 Å². The van der Waals surface area contributed by atoms with Crippen molar-refractivity contribution in [2.45, 2.75) is 72.6 Å². The van der Waals surface area contributed by atoms with Crippen molar-refractivity contribution < 1.29 is 8.85 Å². The second kappa shape index (κ2) is 8.26. The summed E-state index contributed by atoms with van der Waals surface area (Å²) < 4.78 is 11.9. The molecule has 0 amide bonds. The Morgan fingerprint density at radius 1 is 1.06 bits per heavy atom. The van der Waals surface area contributed by atoms with Crippen LogP contribution in [0.5, 0.6) is 0 Å². The van der Waals surface area contributed by atoms with Gasteiger partial charge in [-0.3, -0.25) is 0 Å². The molecule has 3 heteroatoms. The summed E-state index contributed by atoms with van der Waals surface area (Å²) in [5.74, 6) is 0.772. The molecule has 0 aliphatic rings. The maximum absolute atomic E-state index is 6.00. The van der Waals surface area contributed by atoms with Gasteiger partial charge in [0.15, 0.2) is 0 Å². The van der Waals surface area contributed by atoms with E-state index in [1.54, 1.807) is 0 Å². The van der Waals surface area contributed by atoms with Crippen molar-refractivity contribution >= 4 is 8.56 Å². The largest absolute Gasteiger partial charge is 0.395 e. The predicted molar refractivity (Wildman–Crippen MR) is 73.0 cm³/mol. The van der Waals surface area contributed by atoms with Crippen LogP contribution in [0.1, 0.15) is 53.4 Å². The summed E-state index contributed by atoms with van der Waals surface area (Å²) in [6, 6.07) is 0. The molecular formula is C13H30O2Si. The normalized spacial score (nSPS) is 14.4. The van der Waals surface area contributed by atoms with E-state index >= 15 is 0 Å². The van der Waals surface area contributed by atoms with E-state index < -0.39 is 8.56 Å². The number of hydrogen-bond acceptors (Lipinski definition) is 2. The van der Waals surface area contributed by atoms with E-state index in [1.807, 2.05) is 0 Å². The van der Waals surface area contributed by atoms with Crippen molar-refractivity contribution in [3.63, 3.8) is 0 Å². The SMILES string of the molecule is CCCC(C)O[Si](C)(C)OCCCC(C)C. The summed E-state index contributed by atoms with van der Waals surface area (Å²) in [6.07, 6.45) is 5.05. The van der Waals surface area contributed by atoms with E-state index in [-0.39, 0.29) is 0 Å². The lowest BCUT2D eigenvalue weighted by molar-refractivity contribution is 0.123. The van der Waals surface area contributed by atoms with Gasteiger partial charge in [-0.15, -0.1) is 0 Å². The first-order valence-electron chi connectivity index (χ1n) is 6.69. The van der Waals surface area contributed by atoms with Gasteiger partial charge in [-0.2, -0.15) is 0 Å². The van der Waals surface area contributed by atoms with Crippen LogP contribution in [0.2, 0.25) is 13.1 Å². The van der Waals surface area contributed by atoms with Gasteiger partial charge in [-0.25, -0.2) is 0 Å². The van der Waals surface area contributed by atoms with Gasteiger partial charge >= 0.3 is 8.56 Å². The van der Waals surface area contributed by atoms with Crippen LogP contribution in [-0.2, 0) is 8.85 Å². The second-order valence-corrected chi connectivity index (χ2v) is 8.83. The third kappa shape index (κ3) is 9.37.